The number of benzene rings is 2. The molecule has 0 spiro atoms. The average molecular weight is 457 g/mol. The van der Waals surface area contributed by atoms with Crippen molar-refractivity contribution in [1.29, 1.82) is 0 Å². The van der Waals surface area contributed by atoms with Gasteiger partial charge in [0.15, 0.2) is 11.5 Å². The number of nitrogens with one attached hydrogen (secondary N) is 1. The van der Waals surface area contributed by atoms with Crippen LogP contribution >= 0.6 is 15.9 Å². The van der Waals surface area contributed by atoms with Crippen molar-refractivity contribution in [2.24, 2.45) is 5.14 Å². The largest absolute Gasteiger partial charge is 0.493 e. The molecule has 0 unspecified atom stereocenters. The molecule has 7 nitrogen and oxygen atoms in total. The van der Waals surface area contributed by atoms with E-state index >= 15 is 0 Å². The number of halogens is 1. The molecule has 3 N–H and O–H groups in total. The summed E-state index contributed by atoms with van der Waals surface area (Å²) in [5, 5.41) is 7.95. The zero-order chi connectivity index (χ0) is 20.2. The lowest BCUT2D eigenvalue weighted by Gasteiger charge is -2.17. The SMILES string of the molecule is CCOc1c(Br)cc(C(=O)N[C@H](C)c2ccc(S(N)(=O)=O)cc2)cc1OC. The first-order chi connectivity index (χ1) is 12.7. The van der Waals surface area contributed by atoms with Crippen molar-refractivity contribution < 1.29 is 22.7 Å². The van der Waals surface area contributed by atoms with E-state index < -0.39 is 10.0 Å². The van der Waals surface area contributed by atoms with Gasteiger partial charge in [0.05, 0.1) is 29.1 Å². The number of rotatable bonds is 7. The van der Waals surface area contributed by atoms with Gasteiger partial charge in [-0.15, -0.1) is 0 Å². The topological polar surface area (TPSA) is 108 Å². The normalized spacial score (nSPS) is 12.3. The number of hydrogen-bond acceptors (Lipinski definition) is 5. The summed E-state index contributed by atoms with van der Waals surface area (Å²) < 4.78 is 34.1. The van der Waals surface area contributed by atoms with Gasteiger partial charge in [-0.25, -0.2) is 13.6 Å². The van der Waals surface area contributed by atoms with E-state index in [-0.39, 0.29) is 16.8 Å². The average Bonchev–Trinajstić information content (AvgIpc) is 2.62. The highest BCUT2D eigenvalue weighted by atomic mass is 79.9. The summed E-state index contributed by atoms with van der Waals surface area (Å²) in [5.41, 5.74) is 1.14. The van der Waals surface area contributed by atoms with Crippen LogP contribution in [0, 0.1) is 0 Å². The van der Waals surface area contributed by atoms with Gasteiger partial charge in [0.2, 0.25) is 10.0 Å². The predicted molar refractivity (Wildman–Crippen MR) is 106 cm³/mol. The molecule has 0 bridgehead atoms. The smallest absolute Gasteiger partial charge is 0.251 e. The highest BCUT2D eigenvalue weighted by molar-refractivity contribution is 9.10. The first-order valence-corrected chi connectivity index (χ1v) is 10.4. The lowest BCUT2D eigenvalue weighted by molar-refractivity contribution is 0.0939. The minimum absolute atomic E-state index is 0.0185. The van der Waals surface area contributed by atoms with Crippen molar-refractivity contribution in [1.82, 2.24) is 5.32 Å². The van der Waals surface area contributed by atoms with E-state index in [0.717, 1.165) is 5.56 Å². The highest BCUT2D eigenvalue weighted by Gasteiger charge is 2.18. The van der Waals surface area contributed by atoms with Crippen LogP contribution in [0.5, 0.6) is 11.5 Å². The summed E-state index contributed by atoms with van der Waals surface area (Å²) in [5.74, 6) is 0.671. The Labute approximate surface area is 167 Å². The summed E-state index contributed by atoms with van der Waals surface area (Å²) in [6, 6.07) is 8.94. The molecule has 0 aliphatic carbocycles. The molecule has 1 atom stereocenters. The van der Waals surface area contributed by atoms with Gasteiger partial charge >= 0.3 is 0 Å². The number of amides is 1. The zero-order valence-corrected chi connectivity index (χ0v) is 17.6. The fourth-order valence-corrected chi connectivity index (χ4v) is 3.52. The second-order valence-electron chi connectivity index (χ2n) is 5.73. The van der Waals surface area contributed by atoms with Gasteiger partial charge in [0, 0.05) is 5.56 Å². The van der Waals surface area contributed by atoms with Crippen molar-refractivity contribution >= 4 is 31.9 Å². The van der Waals surface area contributed by atoms with Gasteiger partial charge in [-0.2, -0.15) is 0 Å². The minimum atomic E-state index is -3.75. The van der Waals surface area contributed by atoms with Crippen molar-refractivity contribution in [2.75, 3.05) is 13.7 Å². The van der Waals surface area contributed by atoms with E-state index in [1.165, 1.54) is 19.2 Å². The number of carbonyl (C=O) groups is 1. The van der Waals surface area contributed by atoms with Gasteiger partial charge in [-0.3, -0.25) is 4.79 Å². The molecule has 0 aromatic heterocycles. The van der Waals surface area contributed by atoms with Gasteiger partial charge < -0.3 is 14.8 Å². The Bertz CT molecular complexity index is 930. The molecule has 0 heterocycles. The summed E-state index contributed by atoms with van der Waals surface area (Å²) in [6.07, 6.45) is 0. The van der Waals surface area contributed by atoms with E-state index in [1.807, 2.05) is 6.92 Å². The molecule has 0 saturated heterocycles. The van der Waals surface area contributed by atoms with E-state index in [4.69, 9.17) is 14.6 Å². The maximum absolute atomic E-state index is 12.6. The standard InChI is InChI=1S/C18H21BrN2O5S/c1-4-26-17-15(19)9-13(10-16(17)25-3)18(22)21-11(2)12-5-7-14(8-6-12)27(20,23)24/h5-11H,4H2,1-3H3,(H,21,22)(H2,20,23,24)/t11-/m1/s1. The summed E-state index contributed by atoms with van der Waals surface area (Å²) >= 11 is 3.39. The summed E-state index contributed by atoms with van der Waals surface area (Å²) in [6.45, 7) is 4.12. The molecule has 0 fully saturated rings. The number of nitrogens with two attached hydrogens (primary N) is 1. The van der Waals surface area contributed by atoms with Gasteiger partial charge in [-0.05, 0) is 59.6 Å². The van der Waals surface area contributed by atoms with Crippen molar-refractivity contribution in [3.63, 3.8) is 0 Å². The van der Waals surface area contributed by atoms with Crippen LogP contribution < -0.4 is 19.9 Å². The van der Waals surface area contributed by atoms with Crippen LogP contribution in [0.2, 0.25) is 0 Å². The van der Waals surface area contributed by atoms with Crippen LogP contribution in [0.4, 0.5) is 0 Å². The zero-order valence-electron chi connectivity index (χ0n) is 15.2. The molecular weight excluding hydrogens is 436 g/mol. The maximum atomic E-state index is 12.6. The number of sulfonamides is 1. The van der Waals surface area contributed by atoms with Crippen LogP contribution in [0.3, 0.4) is 0 Å². The number of primary sulfonamides is 1. The molecule has 27 heavy (non-hydrogen) atoms. The fraction of sp³-hybridized carbons (Fsp3) is 0.278. The van der Waals surface area contributed by atoms with Crippen LogP contribution in [-0.2, 0) is 10.0 Å². The first kappa shape index (κ1) is 21.2. The van der Waals surface area contributed by atoms with E-state index in [1.54, 1.807) is 31.2 Å². The van der Waals surface area contributed by atoms with Crippen LogP contribution in [-0.4, -0.2) is 28.0 Å². The molecule has 0 radical (unpaired) electrons. The molecular formula is C18H21BrN2O5S. The third-order valence-corrected chi connectivity index (χ3v) is 5.35. The molecule has 2 aromatic rings. The Balaban J connectivity index is 2.20. The summed E-state index contributed by atoms with van der Waals surface area (Å²) in [7, 11) is -2.25. The monoisotopic (exact) mass is 456 g/mol. The number of carbonyl (C=O) groups excluding carboxylic acids is 1. The quantitative estimate of drug-likeness (QED) is 0.665. The molecule has 9 heteroatoms. The van der Waals surface area contributed by atoms with Crippen LogP contribution in [0.15, 0.2) is 45.8 Å². The first-order valence-electron chi connectivity index (χ1n) is 8.11. The van der Waals surface area contributed by atoms with Gasteiger partial charge in [0.1, 0.15) is 0 Å². The Hall–Kier alpha value is -2.10. The Morgan fingerprint density at radius 1 is 1.26 bits per heavy atom. The van der Waals surface area contributed by atoms with Crippen molar-refractivity contribution in [3.8, 4) is 11.5 Å². The molecule has 0 aliphatic rings. The van der Waals surface area contributed by atoms with Gasteiger partial charge in [0.25, 0.3) is 5.91 Å². The van der Waals surface area contributed by atoms with Crippen molar-refractivity contribution in [3.05, 3.63) is 52.0 Å². The third-order valence-electron chi connectivity index (χ3n) is 3.84. The molecule has 0 saturated carbocycles. The van der Waals surface area contributed by atoms with Gasteiger partial charge in [-0.1, -0.05) is 12.1 Å². The molecule has 0 aliphatic heterocycles. The van der Waals surface area contributed by atoms with Crippen LogP contribution in [0.25, 0.3) is 0 Å². The molecule has 2 rings (SSSR count). The van der Waals surface area contributed by atoms with Crippen molar-refractivity contribution in [2.45, 2.75) is 24.8 Å². The molecule has 2 aromatic carbocycles. The van der Waals surface area contributed by atoms with E-state index in [0.29, 0.717) is 28.1 Å². The number of methoxy groups -OCH3 is 1. The predicted octanol–water partition coefficient (Wildman–Crippen LogP) is 2.99. The van der Waals surface area contributed by atoms with E-state index in [9.17, 15) is 13.2 Å². The maximum Gasteiger partial charge on any atom is 0.251 e. The molecule has 1 amide bonds. The second-order valence-corrected chi connectivity index (χ2v) is 8.15. The third kappa shape index (κ3) is 5.21. The highest BCUT2D eigenvalue weighted by Crippen LogP contribution is 2.36. The number of hydrogen-bond donors (Lipinski definition) is 2. The van der Waals surface area contributed by atoms with Crippen LogP contribution in [0.1, 0.15) is 35.8 Å². The second kappa shape index (κ2) is 8.73. The van der Waals surface area contributed by atoms with E-state index in [2.05, 4.69) is 21.2 Å². The lowest BCUT2D eigenvalue weighted by atomic mass is 10.1. The molecule has 146 valence electrons. The number of ether oxygens (including phenoxy) is 2. The lowest BCUT2D eigenvalue weighted by Crippen LogP contribution is -2.26. The Kier molecular flexibility index (Phi) is 6.85. The minimum Gasteiger partial charge on any atom is -0.493 e. The Morgan fingerprint density at radius 3 is 2.41 bits per heavy atom. The Morgan fingerprint density at radius 2 is 1.89 bits per heavy atom. The fourth-order valence-electron chi connectivity index (χ4n) is 2.44. The summed E-state index contributed by atoms with van der Waals surface area (Å²) in [4.78, 5) is 12.6.